The van der Waals surface area contributed by atoms with Crippen molar-refractivity contribution in [1.29, 1.82) is 0 Å². The fourth-order valence-corrected chi connectivity index (χ4v) is 5.68. The highest BCUT2D eigenvalue weighted by molar-refractivity contribution is 5.94. The van der Waals surface area contributed by atoms with E-state index in [2.05, 4.69) is 4.90 Å². The molecule has 10 heteroatoms. The van der Waals surface area contributed by atoms with E-state index in [1.165, 1.54) is 12.1 Å². The van der Waals surface area contributed by atoms with Crippen molar-refractivity contribution in [2.75, 3.05) is 37.6 Å². The van der Waals surface area contributed by atoms with Crippen LogP contribution in [0.25, 0.3) is 10.9 Å². The molecule has 1 aromatic heterocycles. The molecule has 0 aliphatic carbocycles. The molecule has 218 valence electrons. The van der Waals surface area contributed by atoms with Crippen molar-refractivity contribution in [2.45, 2.75) is 57.9 Å². The number of aliphatic hydroxyl groups is 1. The largest absolute Gasteiger partial charge is 0.416 e. The van der Waals surface area contributed by atoms with Crippen LogP contribution in [0.2, 0.25) is 0 Å². The molecule has 1 unspecified atom stereocenters. The number of aliphatic hydroxyl groups excluding tert-OH is 1. The van der Waals surface area contributed by atoms with Crippen LogP contribution in [-0.4, -0.2) is 70.5 Å². The van der Waals surface area contributed by atoms with Crippen LogP contribution in [0.3, 0.4) is 0 Å². The molecule has 0 spiro atoms. The number of aryl methyl sites for hydroxylation is 1. The monoisotopic (exact) mass is 568 g/mol. The summed E-state index contributed by atoms with van der Waals surface area (Å²) in [6.07, 6.45) is -1.56. The van der Waals surface area contributed by atoms with Crippen LogP contribution in [0, 0.1) is 6.92 Å². The van der Waals surface area contributed by atoms with Gasteiger partial charge in [0.05, 0.1) is 17.2 Å². The zero-order chi connectivity index (χ0) is 29.1. The van der Waals surface area contributed by atoms with Crippen LogP contribution in [0.1, 0.15) is 59.2 Å². The fraction of sp³-hybridized carbons (Fsp3) is 0.452. The molecule has 1 N–H and O–H groups in total. The number of halogens is 3. The lowest BCUT2D eigenvalue weighted by molar-refractivity contribution is -0.137. The maximum absolute atomic E-state index is 13.7. The first-order valence-electron chi connectivity index (χ1n) is 14.2. The Balaban J connectivity index is 1.47. The number of carbonyl (C=O) groups is 2. The number of hydrogen-bond acceptors (Lipinski definition) is 5. The summed E-state index contributed by atoms with van der Waals surface area (Å²) < 4.78 is 39.5. The number of β-amino-alcohol motifs (C(OH)–C–C–N with tert-alkyl or cyclic N) is 1. The quantitative estimate of drug-likeness (QED) is 0.406. The minimum atomic E-state index is -4.49. The van der Waals surface area contributed by atoms with Crippen molar-refractivity contribution in [3.8, 4) is 0 Å². The average molecular weight is 569 g/mol. The summed E-state index contributed by atoms with van der Waals surface area (Å²) in [6.45, 7) is 4.86. The van der Waals surface area contributed by atoms with Gasteiger partial charge in [-0.05, 0) is 74.6 Å². The van der Waals surface area contributed by atoms with Crippen molar-refractivity contribution in [1.82, 2.24) is 14.8 Å². The van der Waals surface area contributed by atoms with Crippen molar-refractivity contribution in [3.05, 3.63) is 70.8 Å². The van der Waals surface area contributed by atoms with E-state index >= 15 is 0 Å². The Labute approximate surface area is 237 Å². The Morgan fingerprint density at radius 2 is 1.88 bits per heavy atom. The van der Waals surface area contributed by atoms with Crippen LogP contribution in [0.4, 0.5) is 19.0 Å². The number of alkyl halides is 3. The maximum atomic E-state index is 13.7. The zero-order valence-electron chi connectivity index (χ0n) is 23.2. The molecule has 2 aromatic carbocycles. The summed E-state index contributed by atoms with van der Waals surface area (Å²) in [6, 6.07) is 12.3. The Bertz CT molecular complexity index is 1410. The second kappa shape index (κ2) is 12.1. The smallest absolute Gasteiger partial charge is 0.391 e. The topological polar surface area (TPSA) is 77.0 Å². The lowest BCUT2D eigenvalue weighted by Gasteiger charge is -2.34. The van der Waals surface area contributed by atoms with E-state index in [-0.39, 0.29) is 23.9 Å². The van der Waals surface area contributed by atoms with Gasteiger partial charge in [0.1, 0.15) is 5.82 Å². The standard InChI is InChI=1S/C31H35F3N4O3/c1-21-7-8-23-18-24(29(35-27(23)17-21)37-14-2-5-26(39)20-37)19-38(16-4-15-36-13-3-6-28(36)40)30(41)22-9-11-25(12-10-22)31(32,33)34/h7-12,17-18,26,39H,2-6,13-16,19-20H2,1H3. The molecule has 0 saturated carbocycles. The maximum Gasteiger partial charge on any atom is 0.416 e. The van der Waals surface area contributed by atoms with Gasteiger partial charge >= 0.3 is 6.18 Å². The molecule has 2 aliphatic heterocycles. The van der Waals surface area contributed by atoms with Gasteiger partial charge in [-0.1, -0.05) is 12.1 Å². The minimum absolute atomic E-state index is 0.102. The van der Waals surface area contributed by atoms with Gasteiger partial charge in [-0.15, -0.1) is 0 Å². The third-order valence-corrected chi connectivity index (χ3v) is 7.86. The van der Waals surface area contributed by atoms with E-state index in [0.717, 1.165) is 53.5 Å². The number of likely N-dealkylation sites (tertiary alicyclic amines) is 1. The highest BCUT2D eigenvalue weighted by Crippen LogP contribution is 2.31. The van der Waals surface area contributed by atoms with Gasteiger partial charge in [-0.25, -0.2) is 4.98 Å². The number of hydrogen-bond donors (Lipinski definition) is 1. The molecule has 2 amide bonds. The van der Waals surface area contributed by atoms with Crippen LogP contribution >= 0.6 is 0 Å². The van der Waals surface area contributed by atoms with Crippen LogP contribution in [-0.2, 0) is 17.5 Å². The van der Waals surface area contributed by atoms with E-state index in [1.54, 1.807) is 9.80 Å². The Morgan fingerprint density at radius 1 is 1.10 bits per heavy atom. The molecule has 0 radical (unpaired) electrons. The van der Waals surface area contributed by atoms with Crippen LogP contribution in [0.5, 0.6) is 0 Å². The number of carbonyl (C=O) groups excluding carboxylic acids is 2. The van der Waals surface area contributed by atoms with Gasteiger partial charge < -0.3 is 19.8 Å². The third kappa shape index (κ3) is 6.81. The number of benzene rings is 2. The summed E-state index contributed by atoms with van der Waals surface area (Å²) in [5.41, 5.74) is 2.03. The normalized spacial score (nSPS) is 17.9. The Hall–Kier alpha value is -3.66. The number of amides is 2. The van der Waals surface area contributed by atoms with Gasteiger partial charge in [0.15, 0.2) is 0 Å². The predicted octanol–water partition coefficient (Wildman–Crippen LogP) is 5.18. The first-order valence-corrected chi connectivity index (χ1v) is 14.2. The molecule has 7 nitrogen and oxygen atoms in total. The van der Waals surface area contributed by atoms with Crippen LogP contribution < -0.4 is 4.90 Å². The summed E-state index contributed by atoms with van der Waals surface area (Å²) in [5.74, 6) is 0.410. The lowest BCUT2D eigenvalue weighted by atomic mass is 10.0. The van der Waals surface area contributed by atoms with E-state index < -0.39 is 17.8 Å². The summed E-state index contributed by atoms with van der Waals surface area (Å²) in [5, 5.41) is 11.3. The van der Waals surface area contributed by atoms with Crippen molar-refractivity contribution < 1.29 is 27.9 Å². The molecular weight excluding hydrogens is 533 g/mol. The summed E-state index contributed by atoms with van der Waals surface area (Å²) in [4.78, 5) is 36.3. The van der Waals surface area contributed by atoms with E-state index in [9.17, 15) is 27.9 Å². The van der Waals surface area contributed by atoms with Crippen molar-refractivity contribution in [2.24, 2.45) is 0 Å². The number of pyridine rings is 1. The zero-order valence-corrected chi connectivity index (χ0v) is 23.2. The third-order valence-electron chi connectivity index (χ3n) is 7.86. The Morgan fingerprint density at radius 3 is 2.56 bits per heavy atom. The molecule has 2 aliphatic rings. The number of fused-ring (bicyclic) bond motifs is 1. The minimum Gasteiger partial charge on any atom is -0.391 e. The second-order valence-corrected chi connectivity index (χ2v) is 11.0. The second-order valence-electron chi connectivity index (χ2n) is 11.0. The highest BCUT2D eigenvalue weighted by atomic mass is 19.4. The lowest BCUT2D eigenvalue weighted by Crippen LogP contribution is -2.40. The van der Waals surface area contributed by atoms with E-state index in [1.807, 2.05) is 31.2 Å². The van der Waals surface area contributed by atoms with Gasteiger partial charge in [-0.2, -0.15) is 13.2 Å². The SMILES string of the molecule is Cc1ccc2cc(CN(CCCN3CCCC3=O)C(=O)c3ccc(C(F)(F)F)cc3)c(N3CCCC(O)C3)nc2c1. The van der Waals surface area contributed by atoms with Crippen LogP contribution in [0.15, 0.2) is 48.5 Å². The van der Waals surface area contributed by atoms with Crippen molar-refractivity contribution in [3.63, 3.8) is 0 Å². The highest BCUT2D eigenvalue weighted by Gasteiger charge is 2.31. The first-order chi connectivity index (χ1) is 19.6. The van der Waals surface area contributed by atoms with Gasteiger partial charge in [0.25, 0.3) is 5.91 Å². The fourth-order valence-electron chi connectivity index (χ4n) is 5.68. The number of nitrogens with zero attached hydrogens (tertiary/aromatic N) is 4. The van der Waals surface area contributed by atoms with E-state index in [0.29, 0.717) is 51.3 Å². The summed E-state index contributed by atoms with van der Waals surface area (Å²) in [7, 11) is 0. The molecule has 3 heterocycles. The molecule has 5 rings (SSSR count). The molecule has 2 saturated heterocycles. The molecule has 2 fully saturated rings. The summed E-state index contributed by atoms with van der Waals surface area (Å²) >= 11 is 0. The van der Waals surface area contributed by atoms with Crippen molar-refractivity contribution >= 4 is 28.5 Å². The number of aromatic nitrogens is 1. The van der Waals surface area contributed by atoms with Gasteiger partial charge in [0.2, 0.25) is 5.91 Å². The average Bonchev–Trinajstić information content (AvgIpc) is 3.35. The molecule has 0 bridgehead atoms. The number of anilines is 1. The molecular formula is C31H35F3N4O3. The van der Waals surface area contributed by atoms with E-state index in [4.69, 9.17) is 4.98 Å². The number of piperidine rings is 1. The predicted molar refractivity (Wildman–Crippen MR) is 151 cm³/mol. The molecule has 3 aromatic rings. The van der Waals surface area contributed by atoms with Gasteiger partial charge in [0, 0.05) is 62.2 Å². The molecule has 1 atom stereocenters. The van der Waals surface area contributed by atoms with Gasteiger partial charge in [-0.3, -0.25) is 9.59 Å². The number of rotatable bonds is 8. The molecule has 41 heavy (non-hydrogen) atoms. The first kappa shape index (κ1) is 28.9. The Kier molecular flexibility index (Phi) is 8.49.